The normalized spacial score (nSPS) is 18.0. The number of nitro groups is 1. The van der Waals surface area contributed by atoms with E-state index in [1.165, 1.54) is 7.05 Å². The zero-order chi connectivity index (χ0) is 15.7. The summed E-state index contributed by atoms with van der Waals surface area (Å²) >= 11 is 0. The Kier molecular flexibility index (Phi) is 4.26. The highest BCUT2D eigenvalue weighted by Crippen LogP contribution is 2.31. The van der Waals surface area contributed by atoms with Gasteiger partial charge in [-0.05, 0) is 28.8 Å². The Morgan fingerprint density at radius 3 is 2.52 bits per heavy atom. The van der Waals surface area contributed by atoms with Crippen LogP contribution in [0.1, 0.15) is 25.7 Å². The van der Waals surface area contributed by atoms with Gasteiger partial charge in [0.2, 0.25) is 10.0 Å². The van der Waals surface area contributed by atoms with Crippen LogP contribution in [0.15, 0.2) is 23.2 Å². The highest BCUT2D eigenvalue weighted by atomic mass is 32.2. The lowest BCUT2D eigenvalue weighted by molar-refractivity contribution is -0.389. The summed E-state index contributed by atoms with van der Waals surface area (Å²) in [4.78, 5) is 13.2. The number of aliphatic hydroxyl groups is 1. The standard InChI is InChI=1S/C12H17N3O5S/c1-14(9-12(16)6-2-3-7-12)21(19,20)10-4-5-11(13-8-10)15(17)18/h4-5,8,16H,2-3,6-7,9H2,1H3. The van der Waals surface area contributed by atoms with Crippen molar-refractivity contribution in [3.63, 3.8) is 0 Å². The number of likely N-dealkylation sites (N-methyl/N-ethyl adjacent to an activating group) is 1. The van der Waals surface area contributed by atoms with Crippen LogP contribution in [0.5, 0.6) is 0 Å². The highest BCUT2D eigenvalue weighted by Gasteiger charge is 2.36. The van der Waals surface area contributed by atoms with E-state index in [0.29, 0.717) is 12.8 Å². The van der Waals surface area contributed by atoms with E-state index in [2.05, 4.69) is 4.98 Å². The van der Waals surface area contributed by atoms with Crippen molar-refractivity contribution in [1.29, 1.82) is 0 Å². The molecule has 21 heavy (non-hydrogen) atoms. The van der Waals surface area contributed by atoms with Crippen molar-refractivity contribution in [1.82, 2.24) is 9.29 Å². The topological polar surface area (TPSA) is 114 Å². The SMILES string of the molecule is CN(CC1(O)CCCC1)S(=O)(=O)c1ccc([N+](=O)[O-])nc1. The predicted molar refractivity (Wildman–Crippen MR) is 74.1 cm³/mol. The molecule has 1 aromatic rings. The minimum absolute atomic E-state index is 0.00627. The van der Waals surface area contributed by atoms with Crippen LogP contribution in [0.2, 0.25) is 0 Å². The molecule has 1 aliphatic carbocycles. The Labute approximate surface area is 122 Å². The first kappa shape index (κ1) is 15.8. The van der Waals surface area contributed by atoms with Gasteiger partial charge in [0.1, 0.15) is 4.90 Å². The Bertz CT molecular complexity index is 623. The lowest BCUT2D eigenvalue weighted by Crippen LogP contribution is -2.42. The maximum atomic E-state index is 12.3. The molecule has 116 valence electrons. The fourth-order valence-electron chi connectivity index (χ4n) is 2.50. The van der Waals surface area contributed by atoms with E-state index >= 15 is 0 Å². The Morgan fingerprint density at radius 2 is 2.05 bits per heavy atom. The van der Waals surface area contributed by atoms with Crippen molar-refractivity contribution in [2.24, 2.45) is 0 Å². The molecule has 0 bridgehead atoms. The summed E-state index contributed by atoms with van der Waals surface area (Å²) in [6.07, 6.45) is 3.87. The van der Waals surface area contributed by atoms with Gasteiger partial charge in [-0.2, -0.15) is 4.31 Å². The number of hydrogen-bond acceptors (Lipinski definition) is 6. The fourth-order valence-corrected chi connectivity index (χ4v) is 3.70. The van der Waals surface area contributed by atoms with Gasteiger partial charge in [-0.1, -0.05) is 12.8 Å². The molecule has 0 saturated heterocycles. The van der Waals surface area contributed by atoms with Crippen LogP contribution in [0.25, 0.3) is 0 Å². The van der Waals surface area contributed by atoms with Gasteiger partial charge in [0.05, 0.1) is 5.60 Å². The molecule has 1 aliphatic rings. The maximum absolute atomic E-state index is 12.3. The minimum atomic E-state index is -3.82. The van der Waals surface area contributed by atoms with E-state index in [-0.39, 0.29) is 11.4 Å². The molecule has 1 aromatic heterocycles. The van der Waals surface area contributed by atoms with Crippen molar-refractivity contribution in [2.45, 2.75) is 36.2 Å². The molecule has 0 aromatic carbocycles. The highest BCUT2D eigenvalue weighted by molar-refractivity contribution is 7.89. The number of aromatic nitrogens is 1. The maximum Gasteiger partial charge on any atom is 0.363 e. The van der Waals surface area contributed by atoms with Crippen molar-refractivity contribution >= 4 is 15.8 Å². The Morgan fingerprint density at radius 1 is 1.43 bits per heavy atom. The zero-order valence-electron chi connectivity index (χ0n) is 11.6. The molecule has 1 N–H and O–H groups in total. The summed E-state index contributed by atoms with van der Waals surface area (Å²) in [5.41, 5.74) is -0.990. The third-order valence-electron chi connectivity index (χ3n) is 3.67. The van der Waals surface area contributed by atoms with Gasteiger partial charge >= 0.3 is 5.82 Å². The van der Waals surface area contributed by atoms with Gasteiger partial charge in [-0.25, -0.2) is 8.42 Å². The van der Waals surface area contributed by atoms with Crippen LogP contribution in [0.4, 0.5) is 5.82 Å². The van der Waals surface area contributed by atoms with Crippen molar-refractivity contribution in [2.75, 3.05) is 13.6 Å². The van der Waals surface area contributed by atoms with Gasteiger partial charge in [0, 0.05) is 19.7 Å². The summed E-state index contributed by atoms with van der Waals surface area (Å²) in [7, 11) is -2.44. The molecule has 1 heterocycles. The zero-order valence-corrected chi connectivity index (χ0v) is 12.4. The second-order valence-corrected chi connectivity index (χ2v) is 7.35. The predicted octanol–water partition coefficient (Wildman–Crippen LogP) is 0.915. The lowest BCUT2D eigenvalue weighted by Gasteiger charge is -2.27. The average molecular weight is 315 g/mol. The van der Waals surface area contributed by atoms with Crippen molar-refractivity contribution in [3.8, 4) is 0 Å². The lowest BCUT2D eigenvalue weighted by atomic mass is 10.0. The van der Waals surface area contributed by atoms with Gasteiger partial charge in [-0.3, -0.25) is 0 Å². The first-order valence-corrected chi connectivity index (χ1v) is 7.98. The molecule has 2 rings (SSSR count). The second kappa shape index (κ2) is 5.66. The van der Waals surface area contributed by atoms with E-state index < -0.39 is 26.4 Å². The first-order chi connectivity index (χ1) is 9.74. The van der Waals surface area contributed by atoms with Gasteiger partial charge in [-0.15, -0.1) is 0 Å². The first-order valence-electron chi connectivity index (χ1n) is 6.54. The molecule has 1 saturated carbocycles. The largest absolute Gasteiger partial charge is 0.389 e. The quantitative estimate of drug-likeness (QED) is 0.638. The van der Waals surface area contributed by atoms with Crippen LogP contribution in [0.3, 0.4) is 0 Å². The van der Waals surface area contributed by atoms with E-state index in [1.54, 1.807) is 0 Å². The molecule has 0 atom stereocenters. The van der Waals surface area contributed by atoms with Crippen LogP contribution < -0.4 is 0 Å². The minimum Gasteiger partial charge on any atom is -0.389 e. The molecule has 0 aliphatic heterocycles. The summed E-state index contributed by atoms with van der Waals surface area (Å²) in [6, 6.07) is 2.20. The van der Waals surface area contributed by atoms with Crippen LogP contribution in [-0.2, 0) is 10.0 Å². The number of pyridine rings is 1. The smallest absolute Gasteiger partial charge is 0.363 e. The van der Waals surface area contributed by atoms with Crippen molar-refractivity contribution < 1.29 is 18.4 Å². The van der Waals surface area contributed by atoms with Gasteiger partial charge in [0.15, 0.2) is 6.20 Å². The van der Waals surface area contributed by atoms with Gasteiger partial charge < -0.3 is 15.2 Å². The third-order valence-corrected chi connectivity index (χ3v) is 5.45. The van der Waals surface area contributed by atoms with Crippen LogP contribution in [0, 0.1) is 10.1 Å². The monoisotopic (exact) mass is 315 g/mol. The molecule has 0 unspecified atom stereocenters. The summed E-state index contributed by atoms with van der Waals surface area (Å²) in [5.74, 6) is -0.411. The molecular weight excluding hydrogens is 298 g/mol. The molecule has 0 radical (unpaired) electrons. The number of nitrogens with zero attached hydrogens (tertiary/aromatic N) is 3. The summed E-state index contributed by atoms with van der Waals surface area (Å²) < 4.78 is 25.8. The molecule has 0 amide bonds. The molecule has 1 fully saturated rings. The van der Waals surface area contributed by atoms with Crippen LogP contribution >= 0.6 is 0 Å². The second-order valence-electron chi connectivity index (χ2n) is 5.30. The molecule has 8 nitrogen and oxygen atoms in total. The molecular formula is C12H17N3O5S. The Balaban J connectivity index is 2.18. The van der Waals surface area contributed by atoms with E-state index in [1.807, 2.05) is 0 Å². The van der Waals surface area contributed by atoms with E-state index in [4.69, 9.17) is 0 Å². The van der Waals surface area contributed by atoms with Crippen molar-refractivity contribution in [3.05, 3.63) is 28.4 Å². The summed E-state index contributed by atoms with van der Waals surface area (Å²) in [6.45, 7) is 0.00627. The molecule has 0 spiro atoms. The summed E-state index contributed by atoms with van der Waals surface area (Å²) in [5, 5.41) is 20.8. The van der Waals surface area contributed by atoms with E-state index in [9.17, 15) is 23.6 Å². The number of rotatable bonds is 5. The third kappa shape index (κ3) is 3.36. The average Bonchev–Trinajstić information content (AvgIpc) is 2.85. The van der Waals surface area contributed by atoms with Crippen LogP contribution in [-0.4, -0.2) is 46.9 Å². The number of sulfonamides is 1. The Hall–Kier alpha value is -1.58. The number of hydrogen-bond donors (Lipinski definition) is 1. The van der Waals surface area contributed by atoms with Gasteiger partial charge in [0.25, 0.3) is 0 Å². The fraction of sp³-hybridized carbons (Fsp3) is 0.583. The molecule has 9 heteroatoms. The van der Waals surface area contributed by atoms with E-state index in [0.717, 1.165) is 35.5 Å².